The molecule has 0 radical (unpaired) electrons. The van der Waals surface area contributed by atoms with Gasteiger partial charge in [-0.2, -0.15) is 0 Å². The fourth-order valence-electron chi connectivity index (χ4n) is 5.62. The molecule has 200 valence electrons. The maximum Gasteiger partial charge on any atom is 0.259 e. The molecule has 1 heterocycles. The zero-order chi connectivity index (χ0) is 27.8. The number of carbonyl (C=O) groups excluding carboxylic acids is 2. The molecule has 0 bridgehead atoms. The lowest BCUT2D eigenvalue weighted by Gasteiger charge is -2.35. The number of hydrogen-bond donors (Lipinski definition) is 1. The third-order valence-corrected chi connectivity index (χ3v) is 7.82. The van der Waals surface area contributed by atoms with Crippen LogP contribution in [0, 0.1) is 5.82 Å². The first-order chi connectivity index (χ1) is 19.4. The number of benzene rings is 4. The summed E-state index contributed by atoms with van der Waals surface area (Å²) in [6.07, 6.45) is 0.853. The predicted octanol–water partition coefficient (Wildman–Crippen LogP) is 7.70. The SMILES string of the molecule is COc1ccc([C@H]2CC(=O)C3=C(C2)Nc2ccccc2N(C(=O)c2ccc(Cl)cc2)[C@H]3c2ccc(F)cc2)cc1. The number of ether oxygens (including phenoxy) is 1. The van der Waals surface area contributed by atoms with Gasteiger partial charge >= 0.3 is 0 Å². The van der Waals surface area contributed by atoms with Gasteiger partial charge in [0.25, 0.3) is 5.91 Å². The van der Waals surface area contributed by atoms with Crippen molar-refractivity contribution in [2.24, 2.45) is 0 Å². The monoisotopic (exact) mass is 552 g/mol. The zero-order valence-electron chi connectivity index (χ0n) is 21.7. The van der Waals surface area contributed by atoms with Gasteiger partial charge in [0.1, 0.15) is 11.6 Å². The summed E-state index contributed by atoms with van der Waals surface area (Å²) in [5, 5.41) is 4.03. The van der Waals surface area contributed by atoms with Gasteiger partial charge in [0.05, 0.1) is 24.5 Å². The van der Waals surface area contributed by atoms with Gasteiger partial charge in [-0.1, -0.05) is 48.0 Å². The molecule has 0 fully saturated rings. The molecule has 0 saturated heterocycles. The summed E-state index contributed by atoms with van der Waals surface area (Å²) in [5.74, 6) is -0.0517. The fraction of sp³-hybridized carbons (Fsp3) is 0.152. The van der Waals surface area contributed by atoms with Crippen molar-refractivity contribution < 1.29 is 18.7 Å². The number of allylic oxidation sites excluding steroid dienone is 1. The summed E-state index contributed by atoms with van der Waals surface area (Å²) in [7, 11) is 1.62. The van der Waals surface area contributed by atoms with Crippen LogP contribution < -0.4 is 15.0 Å². The number of rotatable bonds is 4. The second-order valence-corrected chi connectivity index (χ2v) is 10.4. The van der Waals surface area contributed by atoms with E-state index in [1.54, 1.807) is 48.4 Å². The molecule has 6 rings (SSSR count). The summed E-state index contributed by atoms with van der Waals surface area (Å²) in [6.45, 7) is 0. The molecule has 2 atom stereocenters. The van der Waals surface area contributed by atoms with Gasteiger partial charge in [0.15, 0.2) is 5.78 Å². The van der Waals surface area contributed by atoms with Gasteiger partial charge in [0.2, 0.25) is 0 Å². The molecule has 4 aromatic rings. The summed E-state index contributed by atoms with van der Waals surface area (Å²) < 4.78 is 19.3. The van der Waals surface area contributed by atoms with E-state index in [0.29, 0.717) is 39.5 Å². The number of ketones is 1. The van der Waals surface area contributed by atoms with E-state index in [4.69, 9.17) is 16.3 Å². The van der Waals surface area contributed by atoms with Crippen molar-refractivity contribution in [3.63, 3.8) is 0 Å². The Labute approximate surface area is 236 Å². The van der Waals surface area contributed by atoms with E-state index in [-0.39, 0.29) is 24.0 Å². The smallest absolute Gasteiger partial charge is 0.259 e. The van der Waals surface area contributed by atoms with Crippen molar-refractivity contribution in [1.82, 2.24) is 0 Å². The van der Waals surface area contributed by atoms with Crippen LogP contribution in [0.25, 0.3) is 0 Å². The lowest BCUT2D eigenvalue weighted by molar-refractivity contribution is -0.116. The Morgan fingerprint density at radius 2 is 1.57 bits per heavy atom. The van der Waals surface area contributed by atoms with E-state index in [1.807, 2.05) is 48.5 Å². The first kappa shape index (κ1) is 25.8. The highest BCUT2D eigenvalue weighted by molar-refractivity contribution is 6.30. The van der Waals surface area contributed by atoms with Crippen LogP contribution in [0.5, 0.6) is 5.75 Å². The van der Waals surface area contributed by atoms with Crippen molar-refractivity contribution >= 4 is 34.7 Å². The summed E-state index contributed by atoms with van der Waals surface area (Å²) in [5.41, 5.74) is 4.71. The molecule has 4 aromatic carbocycles. The number of halogens is 2. The van der Waals surface area contributed by atoms with E-state index in [0.717, 1.165) is 17.0 Å². The summed E-state index contributed by atoms with van der Waals surface area (Å²) in [4.78, 5) is 30.0. The van der Waals surface area contributed by atoms with Crippen LogP contribution in [0.1, 0.15) is 46.3 Å². The molecule has 2 aliphatic rings. The number of methoxy groups -OCH3 is 1. The number of carbonyl (C=O) groups is 2. The fourth-order valence-corrected chi connectivity index (χ4v) is 5.74. The van der Waals surface area contributed by atoms with Crippen LogP contribution in [0.15, 0.2) is 108 Å². The predicted molar refractivity (Wildman–Crippen MR) is 154 cm³/mol. The highest BCUT2D eigenvalue weighted by Gasteiger charge is 2.41. The average molecular weight is 553 g/mol. The number of fused-ring (bicyclic) bond motifs is 1. The van der Waals surface area contributed by atoms with Crippen LogP contribution in [0.4, 0.5) is 15.8 Å². The normalized spacial score (nSPS) is 18.4. The average Bonchev–Trinajstić information content (AvgIpc) is 3.12. The molecule has 7 heteroatoms. The zero-order valence-corrected chi connectivity index (χ0v) is 22.5. The first-order valence-corrected chi connectivity index (χ1v) is 13.4. The van der Waals surface area contributed by atoms with Crippen LogP contribution in [-0.4, -0.2) is 18.8 Å². The highest BCUT2D eigenvalue weighted by atomic mass is 35.5. The van der Waals surface area contributed by atoms with Gasteiger partial charge in [-0.3, -0.25) is 14.5 Å². The molecule has 40 heavy (non-hydrogen) atoms. The lowest BCUT2D eigenvalue weighted by atomic mass is 9.78. The Kier molecular flexibility index (Phi) is 6.86. The standard InChI is InChI=1S/C33H26ClFN2O3/c1-40-26-16-10-20(11-17-26)23-18-28-31(30(38)19-23)32(21-8-14-25(35)15-9-21)37(29-5-3-2-4-27(29)36-28)33(39)22-6-12-24(34)13-7-22/h2-17,23,32,36H,18-19H2,1H3/t23-,32+/m1/s1. The minimum absolute atomic E-state index is 0.0517. The molecule has 1 aliphatic carbocycles. The quantitative estimate of drug-likeness (QED) is 0.282. The number of nitrogens with one attached hydrogen (secondary N) is 1. The third kappa shape index (κ3) is 4.75. The number of para-hydroxylation sites is 2. The van der Waals surface area contributed by atoms with Crippen LogP contribution in [-0.2, 0) is 4.79 Å². The molecule has 0 saturated carbocycles. The summed E-state index contributed by atoms with van der Waals surface area (Å²) >= 11 is 6.11. The number of nitrogens with zero attached hydrogens (tertiary/aromatic N) is 1. The Hall–Kier alpha value is -4.42. The van der Waals surface area contributed by atoms with E-state index in [9.17, 15) is 14.0 Å². The molecule has 5 nitrogen and oxygen atoms in total. The largest absolute Gasteiger partial charge is 0.497 e. The van der Waals surface area contributed by atoms with Crippen molar-refractivity contribution in [3.05, 3.63) is 136 Å². The van der Waals surface area contributed by atoms with Crippen molar-refractivity contribution in [3.8, 4) is 5.75 Å². The van der Waals surface area contributed by atoms with Crippen LogP contribution in [0.3, 0.4) is 0 Å². The minimum Gasteiger partial charge on any atom is -0.497 e. The van der Waals surface area contributed by atoms with Crippen molar-refractivity contribution in [2.45, 2.75) is 24.8 Å². The van der Waals surface area contributed by atoms with Gasteiger partial charge in [-0.25, -0.2) is 4.39 Å². The summed E-state index contributed by atoms with van der Waals surface area (Å²) in [6, 6.07) is 27.2. The number of Topliss-reactive ketones (excluding diaryl/α,β-unsaturated/α-hetero) is 1. The van der Waals surface area contributed by atoms with E-state index in [1.165, 1.54) is 12.1 Å². The Balaban J connectivity index is 1.53. The molecule has 0 spiro atoms. The molecule has 0 unspecified atom stereocenters. The molecular weight excluding hydrogens is 527 g/mol. The first-order valence-electron chi connectivity index (χ1n) is 13.0. The van der Waals surface area contributed by atoms with E-state index in [2.05, 4.69) is 5.32 Å². The van der Waals surface area contributed by atoms with Gasteiger partial charge in [-0.15, -0.1) is 0 Å². The Morgan fingerprint density at radius 1 is 0.900 bits per heavy atom. The van der Waals surface area contributed by atoms with Crippen LogP contribution in [0.2, 0.25) is 5.02 Å². The minimum atomic E-state index is -0.765. The number of hydrogen-bond acceptors (Lipinski definition) is 4. The van der Waals surface area contributed by atoms with E-state index < -0.39 is 11.9 Å². The van der Waals surface area contributed by atoms with Crippen molar-refractivity contribution in [2.75, 3.05) is 17.3 Å². The molecule has 1 aliphatic heterocycles. The molecule has 1 N–H and O–H groups in total. The van der Waals surface area contributed by atoms with Gasteiger partial charge in [-0.05, 0) is 84.1 Å². The Bertz CT molecular complexity index is 1620. The molecular formula is C33H26ClFN2O3. The topological polar surface area (TPSA) is 58.6 Å². The van der Waals surface area contributed by atoms with E-state index >= 15 is 0 Å². The second kappa shape index (κ2) is 10.6. The molecule has 1 amide bonds. The van der Waals surface area contributed by atoms with Crippen LogP contribution >= 0.6 is 11.6 Å². The lowest BCUT2D eigenvalue weighted by Crippen LogP contribution is -2.38. The maximum absolute atomic E-state index is 14.2. The Morgan fingerprint density at radius 3 is 2.27 bits per heavy atom. The molecule has 0 aromatic heterocycles. The van der Waals surface area contributed by atoms with Gasteiger partial charge in [0, 0.05) is 28.3 Å². The highest BCUT2D eigenvalue weighted by Crippen LogP contribution is 2.48. The second-order valence-electron chi connectivity index (χ2n) is 9.97. The van der Waals surface area contributed by atoms with Gasteiger partial charge < -0.3 is 10.1 Å². The van der Waals surface area contributed by atoms with Crippen molar-refractivity contribution in [1.29, 1.82) is 0 Å². The maximum atomic E-state index is 14.2. The third-order valence-electron chi connectivity index (χ3n) is 7.57. The number of amides is 1. The number of anilines is 2.